The molecule has 7 heteroatoms. The normalized spacial score (nSPS) is 19.8. The maximum absolute atomic E-state index is 13.5. The van der Waals surface area contributed by atoms with Crippen LogP contribution in [0.5, 0.6) is 0 Å². The Morgan fingerprint density at radius 3 is 2.65 bits per heavy atom. The van der Waals surface area contributed by atoms with Crippen LogP contribution in [-0.2, 0) is 14.4 Å². The highest BCUT2D eigenvalue weighted by atomic mass is 32.1. The second-order valence-corrected chi connectivity index (χ2v) is 9.81. The van der Waals surface area contributed by atoms with E-state index in [1.54, 1.807) is 11.9 Å². The molecule has 2 heterocycles. The van der Waals surface area contributed by atoms with Crippen molar-refractivity contribution >= 4 is 40.3 Å². The number of fused-ring (bicyclic) bond motifs is 1. The molecule has 1 aliphatic carbocycles. The number of nitrogens with zero attached hydrogens (tertiary/aromatic N) is 1. The number of allylic oxidation sites excluding steroid dienone is 1. The molecule has 162 valence electrons. The van der Waals surface area contributed by atoms with E-state index < -0.39 is 6.04 Å². The molecule has 1 aromatic heterocycles. The molecule has 0 saturated heterocycles. The van der Waals surface area contributed by atoms with Crippen molar-refractivity contribution in [1.82, 2.24) is 5.32 Å². The van der Waals surface area contributed by atoms with E-state index in [0.29, 0.717) is 12.0 Å². The minimum atomic E-state index is -0.507. The zero-order valence-electron chi connectivity index (χ0n) is 18.0. The molecule has 0 bridgehead atoms. The zero-order chi connectivity index (χ0) is 22.2. The number of benzene rings is 1. The van der Waals surface area contributed by atoms with Gasteiger partial charge >= 0.3 is 0 Å². The van der Waals surface area contributed by atoms with E-state index in [1.807, 2.05) is 41.8 Å². The predicted molar refractivity (Wildman–Crippen MR) is 123 cm³/mol. The van der Waals surface area contributed by atoms with Gasteiger partial charge in [-0.25, -0.2) is 0 Å². The van der Waals surface area contributed by atoms with Crippen LogP contribution in [0.15, 0.2) is 53.0 Å². The Morgan fingerprint density at radius 1 is 1.16 bits per heavy atom. The number of carbonyl (C=O) groups is 3. The van der Waals surface area contributed by atoms with Crippen molar-refractivity contribution in [2.45, 2.75) is 45.6 Å². The third-order valence-corrected chi connectivity index (χ3v) is 6.75. The zero-order valence-corrected chi connectivity index (χ0v) is 18.8. The molecule has 0 spiro atoms. The minimum absolute atomic E-state index is 0.0639. The van der Waals surface area contributed by atoms with Gasteiger partial charge in [0, 0.05) is 42.5 Å². The highest BCUT2D eigenvalue weighted by molar-refractivity contribution is 7.10. The summed E-state index contributed by atoms with van der Waals surface area (Å²) in [7, 11) is 1.56. The van der Waals surface area contributed by atoms with Crippen LogP contribution in [0.2, 0.25) is 0 Å². The highest BCUT2D eigenvalue weighted by Crippen LogP contribution is 2.49. The van der Waals surface area contributed by atoms with E-state index in [0.717, 1.165) is 28.4 Å². The summed E-state index contributed by atoms with van der Waals surface area (Å²) in [6, 6.07) is 11.0. The number of carbonyl (C=O) groups excluding carboxylic acids is 3. The average molecular weight is 438 g/mol. The summed E-state index contributed by atoms with van der Waals surface area (Å²) < 4.78 is 0. The van der Waals surface area contributed by atoms with E-state index >= 15 is 0 Å². The van der Waals surface area contributed by atoms with E-state index in [2.05, 4.69) is 24.5 Å². The second kappa shape index (κ2) is 8.30. The number of ketones is 1. The first-order valence-corrected chi connectivity index (χ1v) is 11.4. The molecule has 2 aromatic rings. The van der Waals surface area contributed by atoms with E-state index in [1.165, 1.54) is 11.3 Å². The van der Waals surface area contributed by atoms with Gasteiger partial charge in [0.25, 0.3) is 0 Å². The van der Waals surface area contributed by atoms with Crippen LogP contribution in [0, 0.1) is 5.41 Å². The van der Waals surface area contributed by atoms with Crippen molar-refractivity contribution in [3.63, 3.8) is 0 Å². The molecule has 2 N–H and O–H groups in total. The number of nitrogens with one attached hydrogen (secondary N) is 2. The van der Waals surface area contributed by atoms with Gasteiger partial charge in [-0.05, 0) is 35.4 Å². The first-order chi connectivity index (χ1) is 14.8. The summed E-state index contributed by atoms with van der Waals surface area (Å²) >= 11 is 1.53. The van der Waals surface area contributed by atoms with Crippen molar-refractivity contribution in [1.29, 1.82) is 0 Å². The molecule has 0 radical (unpaired) electrons. The summed E-state index contributed by atoms with van der Waals surface area (Å²) in [5.41, 5.74) is 2.91. The summed E-state index contributed by atoms with van der Waals surface area (Å²) in [6.45, 7) is 4.19. The van der Waals surface area contributed by atoms with Crippen molar-refractivity contribution in [2.24, 2.45) is 5.41 Å². The maximum Gasteiger partial charge on any atom is 0.228 e. The molecule has 31 heavy (non-hydrogen) atoms. The van der Waals surface area contributed by atoms with E-state index in [9.17, 15) is 14.4 Å². The summed E-state index contributed by atoms with van der Waals surface area (Å²) in [5, 5.41) is 8.02. The molecule has 0 saturated carbocycles. The first kappa shape index (κ1) is 21.3. The largest absolute Gasteiger partial charge is 0.359 e. The van der Waals surface area contributed by atoms with Crippen molar-refractivity contribution in [3.8, 4) is 0 Å². The molecular weight excluding hydrogens is 410 g/mol. The number of para-hydroxylation sites is 2. The summed E-state index contributed by atoms with van der Waals surface area (Å²) in [5.74, 6) is -0.297. The van der Waals surface area contributed by atoms with Crippen LogP contribution < -0.4 is 15.5 Å². The maximum atomic E-state index is 13.5. The lowest BCUT2D eigenvalue weighted by atomic mass is 9.74. The Bertz CT molecular complexity index is 1060. The van der Waals surface area contributed by atoms with Gasteiger partial charge in [-0.2, -0.15) is 0 Å². The third-order valence-electron chi connectivity index (χ3n) is 5.83. The molecule has 1 aliphatic heterocycles. The number of thiophene rings is 1. The van der Waals surface area contributed by atoms with Gasteiger partial charge in [0.15, 0.2) is 5.78 Å². The topological polar surface area (TPSA) is 78.5 Å². The predicted octanol–water partition coefficient (Wildman–Crippen LogP) is 4.42. The molecule has 2 amide bonds. The minimum Gasteiger partial charge on any atom is -0.359 e. The Hall–Kier alpha value is -2.93. The van der Waals surface area contributed by atoms with E-state index in [4.69, 9.17) is 0 Å². The monoisotopic (exact) mass is 437 g/mol. The number of anilines is 2. The highest BCUT2D eigenvalue weighted by Gasteiger charge is 2.43. The molecular formula is C24H27N3O3S. The Balaban J connectivity index is 1.88. The number of Topliss-reactive ketones (excluding diaryl/α,β-unsaturated/α-hetero) is 1. The van der Waals surface area contributed by atoms with Gasteiger partial charge in [-0.3, -0.25) is 19.3 Å². The molecule has 1 aromatic carbocycles. The van der Waals surface area contributed by atoms with Gasteiger partial charge in [-0.1, -0.05) is 32.0 Å². The molecule has 0 fully saturated rings. The Morgan fingerprint density at radius 2 is 1.94 bits per heavy atom. The van der Waals surface area contributed by atoms with Gasteiger partial charge in [0.05, 0.1) is 11.4 Å². The van der Waals surface area contributed by atoms with Crippen molar-refractivity contribution in [2.75, 3.05) is 17.3 Å². The number of amides is 2. The standard InChI is InChI=1S/C24H27N3O3S/c1-24(2)13-16-22(18(28)14-24)23(19-9-6-12-31-19)27(21(30)11-10-20(29)25-3)17-8-5-4-7-15(17)26-16/h4-9,12,23,26H,10-11,13-14H2,1-3H3,(H,25,29)/t23-/m0/s1. The molecule has 2 aliphatic rings. The third kappa shape index (κ3) is 4.14. The van der Waals surface area contributed by atoms with Gasteiger partial charge in [0.2, 0.25) is 11.8 Å². The molecule has 1 atom stereocenters. The SMILES string of the molecule is CNC(=O)CCC(=O)N1c2ccccc2NC2=C(C(=O)CC(C)(C)C2)[C@@H]1c1cccs1. The van der Waals surface area contributed by atoms with Crippen LogP contribution in [0.3, 0.4) is 0 Å². The summed E-state index contributed by atoms with van der Waals surface area (Å²) in [6.07, 6.45) is 1.33. The van der Waals surface area contributed by atoms with Crippen LogP contribution in [0.1, 0.15) is 50.4 Å². The van der Waals surface area contributed by atoms with Crippen molar-refractivity contribution in [3.05, 3.63) is 57.9 Å². The second-order valence-electron chi connectivity index (χ2n) is 8.83. The Kier molecular flexibility index (Phi) is 5.71. The first-order valence-electron chi connectivity index (χ1n) is 10.5. The lowest BCUT2D eigenvalue weighted by molar-refractivity contribution is -0.125. The van der Waals surface area contributed by atoms with Crippen LogP contribution >= 0.6 is 11.3 Å². The van der Waals surface area contributed by atoms with Crippen molar-refractivity contribution < 1.29 is 14.4 Å². The Labute approximate surface area is 186 Å². The van der Waals surface area contributed by atoms with Crippen LogP contribution in [0.4, 0.5) is 11.4 Å². The number of hydrogen-bond acceptors (Lipinski definition) is 5. The smallest absolute Gasteiger partial charge is 0.228 e. The van der Waals surface area contributed by atoms with E-state index in [-0.39, 0.29) is 35.9 Å². The fourth-order valence-electron chi connectivity index (χ4n) is 4.44. The summed E-state index contributed by atoms with van der Waals surface area (Å²) in [4.78, 5) is 41.4. The lowest BCUT2D eigenvalue weighted by Gasteiger charge is -2.36. The van der Waals surface area contributed by atoms with Gasteiger partial charge < -0.3 is 10.6 Å². The average Bonchev–Trinajstić information content (AvgIpc) is 3.20. The molecule has 6 nitrogen and oxygen atoms in total. The quantitative estimate of drug-likeness (QED) is 0.742. The number of rotatable bonds is 4. The fourth-order valence-corrected chi connectivity index (χ4v) is 5.27. The molecule has 4 rings (SSSR count). The van der Waals surface area contributed by atoms with Crippen LogP contribution in [-0.4, -0.2) is 24.6 Å². The van der Waals surface area contributed by atoms with Gasteiger partial charge in [-0.15, -0.1) is 11.3 Å². The van der Waals surface area contributed by atoms with Crippen LogP contribution in [0.25, 0.3) is 0 Å². The van der Waals surface area contributed by atoms with Gasteiger partial charge in [0.1, 0.15) is 6.04 Å². The fraction of sp³-hybridized carbons (Fsp3) is 0.375. The molecule has 0 unspecified atom stereocenters. The lowest BCUT2D eigenvalue weighted by Crippen LogP contribution is -2.39. The number of hydrogen-bond donors (Lipinski definition) is 2.